The number of nitrogens with zero attached hydrogens (tertiary/aromatic N) is 2. The van der Waals surface area contributed by atoms with Crippen LogP contribution in [0.4, 0.5) is 0 Å². The predicted molar refractivity (Wildman–Crippen MR) is 85.8 cm³/mol. The van der Waals surface area contributed by atoms with Crippen LogP contribution in [-0.2, 0) is 14.3 Å². The summed E-state index contributed by atoms with van der Waals surface area (Å²) in [7, 11) is 1.67. The van der Waals surface area contributed by atoms with Crippen LogP contribution in [0.3, 0.4) is 0 Å². The number of carbonyl (C=O) groups excluding carboxylic acids is 2. The molecule has 2 aliphatic heterocycles. The number of amides is 2. The van der Waals surface area contributed by atoms with Gasteiger partial charge in [-0.2, -0.15) is 11.8 Å². The number of morpholine rings is 1. The van der Waals surface area contributed by atoms with Crippen molar-refractivity contribution in [2.45, 2.75) is 24.5 Å². The number of hydrogen-bond acceptors (Lipinski definition) is 5. The van der Waals surface area contributed by atoms with Crippen molar-refractivity contribution in [3.8, 4) is 0 Å². The van der Waals surface area contributed by atoms with Crippen LogP contribution in [0.2, 0.25) is 0 Å². The van der Waals surface area contributed by atoms with Crippen LogP contribution >= 0.6 is 11.8 Å². The van der Waals surface area contributed by atoms with Crippen LogP contribution in [0.15, 0.2) is 0 Å². The lowest BCUT2D eigenvalue weighted by Crippen LogP contribution is -2.73. The van der Waals surface area contributed by atoms with E-state index in [-0.39, 0.29) is 23.5 Å². The zero-order valence-corrected chi connectivity index (χ0v) is 14.2. The van der Waals surface area contributed by atoms with E-state index in [2.05, 4.69) is 10.2 Å². The third-order valence-electron chi connectivity index (χ3n) is 4.80. The number of thioether (sulfide) groups is 1. The topological polar surface area (TPSA) is 61.9 Å². The molecule has 2 heterocycles. The Morgan fingerprint density at radius 3 is 2.64 bits per heavy atom. The molecular weight excluding hydrogens is 302 g/mol. The molecule has 1 atom stereocenters. The average molecular weight is 327 g/mol. The highest BCUT2D eigenvalue weighted by Gasteiger charge is 2.52. The molecule has 22 heavy (non-hydrogen) atoms. The lowest BCUT2D eigenvalue weighted by atomic mass is 9.90. The van der Waals surface area contributed by atoms with E-state index in [4.69, 9.17) is 4.74 Å². The fourth-order valence-electron chi connectivity index (χ4n) is 3.35. The number of rotatable bonds is 5. The molecule has 2 amide bonds. The van der Waals surface area contributed by atoms with Crippen LogP contribution in [0.1, 0.15) is 12.8 Å². The van der Waals surface area contributed by atoms with Crippen molar-refractivity contribution in [1.29, 1.82) is 0 Å². The molecule has 3 rings (SSSR count). The van der Waals surface area contributed by atoms with E-state index in [1.807, 2.05) is 11.2 Å². The van der Waals surface area contributed by atoms with Crippen molar-refractivity contribution >= 4 is 23.6 Å². The number of nitrogens with one attached hydrogen (secondary N) is 1. The molecule has 1 N–H and O–H groups in total. The van der Waals surface area contributed by atoms with Crippen molar-refractivity contribution in [3.63, 3.8) is 0 Å². The summed E-state index contributed by atoms with van der Waals surface area (Å²) in [4.78, 5) is 28.1. The molecule has 1 aliphatic carbocycles. The van der Waals surface area contributed by atoms with Crippen molar-refractivity contribution in [3.05, 3.63) is 0 Å². The summed E-state index contributed by atoms with van der Waals surface area (Å²) in [6, 6.07) is -0.188. The van der Waals surface area contributed by atoms with Gasteiger partial charge in [0.1, 0.15) is 11.6 Å². The van der Waals surface area contributed by atoms with Crippen LogP contribution in [0.5, 0.6) is 0 Å². The van der Waals surface area contributed by atoms with Gasteiger partial charge in [-0.25, -0.2) is 0 Å². The van der Waals surface area contributed by atoms with Gasteiger partial charge < -0.3 is 15.0 Å². The summed E-state index contributed by atoms with van der Waals surface area (Å²) in [6.45, 7) is 3.48. The van der Waals surface area contributed by atoms with Gasteiger partial charge in [0.2, 0.25) is 11.8 Å². The van der Waals surface area contributed by atoms with Gasteiger partial charge in [0, 0.05) is 20.1 Å². The van der Waals surface area contributed by atoms with Gasteiger partial charge >= 0.3 is 0 Å². The summed E-state index contributed by atoms with van der Waals surface area (Å²) in [6.07, 6.45) is 4.47. The highest BCUT2D eigenvalue weighted by atomic mass is 32.2. The zero-order valence-electron chi connectivity index (χ0n) is 13.3. The Morgan fingerprint density at radius 1 is 1.32 bits per heavy atom. The molecule has 3 aliphatic rings. The second kappa shape index (κ2) is 6.37. The first-order valence-electron chi connectivity index (χ1n) is 7.93. The molecule has 0 unspecified atom stereocenters. The van der Waals surface area contributed by atoms with E-state index in [1.165, 1.54) is 12.8 Å². The maximum Gasteiger partial charge on any atom is 0.239 e. The Kier molecular flexibility index (Phi) is 4.66. The third-order valence-corrected chi connectivity index (χ3v) is 5.33. The Bertz CT molecular complexity index is 449. The summed E-state index contributed by atoms with van der Waals surface area (Å²) >= 11 is 1.55. The lowest BCUT2D eigenvalue weighted by Gasteiger charge is -2.55. The smallest absolute Gasteiger partial charge is 0.239 e. The number of hydrogen-bond donors (Lipinski definition) is 1. The quantitative estimate of drug-likeness (QED) is 0.757. The molecule has 1 spiro atoms. The molecule has 3 fully saturated rings. The van der Waals surface area contributed by atoms with E-state index < -0.39 is 0 Å². The number of likely N-dealkylation sites (N-methyl/N-ethyl adjacent to an activating group) is 1. The number of likely N-dealkylation sites (tertiary alicyclic amines) is 1. The zero-order chi connectivity index (χ0) is 15.7. The molecule has 7 heteroatoms. The molecule has 0 aromatic carbocycles. The van der Waals surface area contributed by atoms with E-state index in [9.17, 15) is 9.59 Å². The predicted octanol–water partition coefficient (Wildman–Crippen LogP) is -0.213. The monoisotopic (exact) mass is 327 g/mol. The molecule has 0 aromatic rings. The Morgan fingerprint density at radius 2 is 2.05 bits per heavy atom. The summed E-state index contributed by atoms with van der Waals surface area (Å²) in [5, 5.41) is 2.74. The van der Waals surface area contributed by atoms with Crippen molar-refractivity contribution in [1.82, 2.24) is 15.1 Å². The van der Waals surface area contributed by atoms with Crippen LogP contribution < -0.4 is 5.32 Å². The van der Waals surface area contributed by atoms with Gasteiger partial charge in [0.25, 0.3) is 0 Å². The molecule has 124 valence electrons. The van der Waals surface area contributed by atoms with Crippen LogP contribution in [0, 0.1) is 5.92 Å². The SMILES string of the molecule is CNC(=O)[C@@H]1COC2(CN(C(=O)CSC)C2)CN1CC1CC1. The van der Waals surface area contributed by atoms with Crippen LogP contribution in [-0.4, -0.2) is 85.1 Å². The first kappa shape index (κ1) is 16.1. The molecule has 1 saturated carbocycles. The average Bonchev–Trinajstić information content (AvgIpc) is 3.28. The molecule has 2 saturated heterocycles. The van der Waals surface area contributed by atoms with E-state index in [0.29, 0.717) is 25.4 Å². The minimum atomic E-state index is -0.256. The van der Waals surface area contributed by atoms with Gasteiger partial charge in [-0.1, -0.05) is 0 Å². The second-order valence-corrected chi connectivity index (χ2v) is 7.55. The maximum atomic E-state index is 12.1. The Labute approximate surface area is 135 Å². The maximum absolute atomic E-state index is 12.1. The fourth-order valence-corrected chi connectivity index (χ4v) is 3.78. The van der Waals surface area contributed by atoms with Crippen molar-refractivity contribution in [2.75, 3.05) is 51.8 Å². The molecule has 0 bridgehead atoms. The van der Waals surface area contributed by atoms with Crippen LogP contribution in [0.25, 0.3) is 0 Å². The summed E-state index contributed by atoms with van der Waals surface area (Å²) < 4.78 is 6.02. The molecule has 0 aromatic heterocycles. The van der Waals surface area contributed by atoms with E-state index in [1.54, 1.807) is 18.8 Å². The van der Waals surface area contributed by atoms with Gasteiger partial charge in [0.15, 0.2) is 0 Å². The van der Waals surface area contributed by atoms with Gasteiger partial charge in [-0.3, -0.25) is 14.5 Å². The number of ether oxygens (including phenoxy) is 1. The van der Waals surface area contributed by atoms with Crippen molar-refractivity contribution in [2.24, 2.45) is 5.92 Å². The molecular formula is C15H25N3O3S. The normalized spacial score (nSPS) is 27.5. The lowest BCUT2D eigenvalue weighted by molar-refractivity contribution is -0.203. The highest BCUT2D eigenvalue weighted by Crippen LogP contribution is 2.35. The van der Waals surface area contributed by atoms with E-state index >= 15 is 0 Å². The number of carbonyl (C=O) groups is 2. The minimum Gasteiger partial charge on any atom is -0.368 e. The first-order chi connectivity index (χ1) is 10.6. The van der Waals surface area contributed by atoms with E-state index in [0.717, 1.165) is 19.0 Å². The van der Waals surface area contributed by atoms with Crippen molar-refractivity contribution < 1.29 is 14.3 Å². The minimum absolute atomic E-state index is 0.0325. The fraction of sp³-hybridized carbons (Fsp3) is 0.867. The standard InChI is InChI=1S/C15H25N3O3S/c1-16-14(20)12-6-21-15(8-17(12)5-11-3-4-11)9-18(10-15)13(19)7-22-2/h11-12H,3-10H2,1-2H3,(H,16,20)/t12-/m0/s1. The van der Waals surface area contributed by atoms with Gasteiger partial charge in [-0.15, -0.1) is 0 Å². The Balaban J connectivity index is 1.60. The third kappa shape index (κ3) is 3.26. The molecule has 6 nitrogen and oxygen atoms in total. The Hall–Kier alpha value is -0.790. The van der Waals surface area contributed by atoms with Gasteiger partial charge in [-0.05, 0) is 25.0 Å². The van der Waals surface area contributed by atoms with Gasteiger partial charge in [0.05, 0.1) is 25.4 Å². The summed E-state index contributed by atoms with van der Waals surface area (Å²) in [5.41, 5.74) is -0.256. The largest absolute Gasteiger partial charge is 0.368 e. The summed E-state index contributed by atoms with van der Waals surface area (Å²) in [5.74, 6) is 1.48. The molecule has 0 radical (unpaired) electrons. The second-order valence-electron chi connectivity index (χ2n) is 6.68. The first-order valence-corrected chi connectivity index (χ1v) is 9.32. The highest BCUT2D eigenvalue weighted by molar-refractivity contribution is 7.99.